The van der Waals surface area contributed by atoms with Crippen LogP contribution in [-0.4, -0.2) is 37.0 Å². The zero-order chi connectivity index (χ0) is 12.8. The molecule has 2 N–H and O–H groups in total. The van der Waals surface area contributed by atoms with Crippen molar-refractivity contribution in [1.82, 2.24) is 5.32 Å². The molecule has 7 heteroatoms. The van der Waals surface area contributed by atoms with E-state index in [1.54, 1.807) is 7.11 Å². The molecule has 104 valence electrons. The van der Waals surface area contributed by atoms with Crippen LogP contribution in [0.15, 0.2) is 29.3 Å². The van der Waals surface area contributed by atoms with Gasteiger partial charge in [0.05, 0.1) is 19.4 Å². The second kappa shape index (κ2) is 7.91. The zero-order valence-electron chi connectivity index (χ0n) is 10.5. The maximum Gasteiger partial charge on any atom is 0.234 e. The summed E-state index contributed by atoms with van der Waals surface area (Å²) >= 11 is 1.42. The molecule has 0 spiro atoms. The number of aliphatic imine (C=N–C) groups is 1. The number of hydrogen-bond acceptors (Lipinski definition) is 5. The average Bonchev–Trinajstić information content (AvgIpc) is 2.90. The van der Waals surface area contributed by atoms with Gasteiger partial charge < -0.3 is 15.4 Å². The quantitative estimate of drug-likeness (QED) is 0.889. The molecule has 1 heterocycles. The summed E-state index contributed by atoms with van der Waals surface area (Å²) in [5.74, 6) is 1.09. The molecular formula is C12H16ClN3O2S. The number of methoxy groups -OCH3 is 1. The van der Waals surface area contributed by atoms with Gasteiger partial charge in [-0.1, -0.05) is 11.8 Å². The van der Waals surface area contributed by atoms with E-state index < -0.39 is 0 Å². The number of thioether (sulfide) groups is 1. The first-order valence-corrected chi connectivity index (χ1v) is 6.61. The number of ether oxygens (including phenoxy) is 1. The summed E-state index contributed by atoms with van der Waals surface area (Å²) in [5, 5.41) is 6.77. The molecule has 0 fully saturated rings. The van der Waals surface area contributed by atoms with Crippen LogP contribution >= 0.6 is 24.2 Å². The Morgan fingerprint density at radius 2 is 2.21 bits per heavy atom. The minimum Gasteiger partial charge on any atom is -0.497 e. The minimum absolute atomic E-state index is 0. The van der Waals surface area contributed by atoms with E-state index >= 15 is 0 Å². The van der Waals surface area contributed by atoms with E-state index in [2.05, 4.69) is 15.6 Å². The molecular weight excluding hydrogens is 286 g/mol. The zero-order valence-corrected chi connectivity index (χ0v) is 12.1. The highest BCUT2D eigenvalue weighted by atomic mass is 35.5. The number of nitrogens with one attached hydrogen (secondary N) is 2. The van der Waals surface area contributed by atoms with Gasteiger partial charge in [-0.05, 0) is 24.3 Å². The normalized spacial score (nSPS) is 13.0. The Morgan fingerprint density at radius 3 is 2.79 bits per heavy atom. The molecule has 0 aromatic heterocycles. The van der Waals surface area contributed by atoms with E-state index in [0.717, 1.165) is 29.7 Å². The van der Waals surface area contributed by atoms with Gasteiger partial charge in [0.2, 0.25) is 5.91 Å². The standard InChI is InChI=1S/C12H15N3O2S.ClH/c1-17-10-4-2-9(3-5-10)15-11(16)8-18-12-13-6-7-14-12;/h2-5H,6-8H2,1H3,(H,13,14)(H,15,16);1H. The minimum atomic E-state index is -0.0402. The molecule has 5 nitrogen and oxygen atoms in total. The van der Waals surface area contributed by atoms with Gasteiger partial charge in [0, 0.05) is 12.2 Å². The van der Waals surface area contributed by atoms with Crippen LogP contribution in [-0.2, 0) is 4.79 Å². The Balaban J connectivity index is 0.00000180. The van der Waals surface area contributed by atoms with Crippen molar-refractivity contribution in [3.63, 3.8) is 0 Å². The van der Waals surface area contributed by atoms with Crippen molar-refractivity contribution in [2.24, 2.45) is 4.99 Å². The van der Waals surface area contributed by atoms with Crippen LogP contribution in [0.2, 0.25) is 0 Å². The molecule has 2 rings (SSSR count). The number of hydrogen-bond donors (Lipinski definition) is 2. The van der Waals surface area contributed by atoms with Crippen LogP contribution in [0.3, 0.4) is 0 Å². The van der Waals surface area contributed by atoms with Crippen molar-refractivity contribution >= 4 is 40.9 Å². The number of amides is 1. The maximum atomic E-state index is 11.7. The molecule has 1 aliphatic rings. The molecule has 1 aromatic rings. The van der Waals surface area contributed by atoms with E-state index in [9.17, 15) is 4.79 Å². The fourth-order valence-electron chi connectivity index (χ4n) is 1.48. The molecule has 0 bridgehead atoms. The van der Waals surface area contributed by atoms with E-state index in [1.807, 2.05) is 24.3 Å². The first-order chi connectivity index (χ1) is 8.78. The van der Waals surface area contributed by atoms with Crippen molar-refractivity contribution in [1.29, 1.82) is 0 Å². The summed E-state index contributed by atoms with van der Waals surface area (Å²) in [6.07, 6.45) is 0. The van der Waals surface area contributed by atoms with Crippen molar-refractivity contribution < 1.29 is 9.53 Å². The van der Waals surface area contributed by atoms with Gasteiger partial charge in [0.1, 0.15) is 5.75 Å². The number of amidine groups is 1. The Bertz CT molecular complexity index is 451. The molecule has 0 saturated carbocycles. The monoisotopic (exact) mass is 301 g/mol. The topological polar surface area (TPSA) is 62.7 Å². The molecule has 19 heavy (non-hydrogen) atoms. The number of anilines is 1. The summed E-state index contributed by atoms with van der Waals surface area (Å²) in [6.45, 7) is 1.66. The van der Waals surface area contributed by atoms with Crippen LogP contribution in [0.1, 0.15) is 0 Å². The van der Waals surface area contributed by atoms with Gasteiger partial charge in [-0.25, -0.2) is 0 Å². The molecule has 0 radical (unpaired) electrons. The van der Waals surface area contributed by atoms with E-state index in [-0.39, 0.29) is 18.3 Å². The SMILES string of the molecule is COc1ccc(NC(=O)CSC2=NCCN2)cc1.Cl. The van der Waals surface area contributed by atoms with Gasteiger partial charge >= 0.3 is 0 Å². The van der Waals surface area contributed by atoms with Gasteiger partial charge in [-0.15, -0.1) is 12.4 Å². The number of carbonyl (C=O) groups excluding carboxylic acids is 1. The largest absolute Gasteiger partial charge is 0.497 e. The number of rotatable bonds is 4. The number of nitrogens with zero attached hydrogens (tertiary/aromatic N) is 1. The molecule has 1 aliphatic heterocycles. The first kappa shape index (κ1) is 15.7. The third-order valence-electron chi connectivity index (χ3n) is 2.36. The van der Waals surface area contributed by atoms with Crippen LogP contribution in [0.5, 0.6) is 5.75 Å². The lowest BCUT2D eigenvalue weighted by atomic mass is 10.3. The Labute approximate surface area is 122 Å². The highest BCUT2D eigenvalue weighted by Crippen LogP contribution is 2.15. The fourth-order valence-corrected chi connectivity index (χ4v) is 2.20. The summed E-state index contributed by atoms with van der Waals surface area (Å²) in [6, 6.07) is 7.25. The summed E-state index contributed by atoms with van der Waals surface area (Å²) in [4.78, 5) is 15.9. The van der Waals surface area contributed by atoms with Crippen LogP contribution in [0, 0.1) is 0 Å². The van der Waals surface area contributed by atoms with Crippen molar-refractivity contribution in [2.45, 2.75) is 0 Å². The highest BCUT2D eigenvalue weighted by Gasteiger charge is 2.09. The van der Waals surface area contributed by atoms with Gasteiger partial charge in [0.25, 0.3) is 0 Å². The van der Waals surface area contributed by atoms with Gasteiger partial charge in [-0.2, -0.15) is 0 Å². The lowest BCUT2D eigenvalue weighted by Gasteiger charge is -2.06. The van der Waals surface area contributed by atoms with Crippen molar-refractivity contribution in [3.8, 4) is 5.75 Å². The molecule has 0 atom stereocenters. The van der Waals surface area contributed by atoms with E-state index in [1.165, 1.54) is 11.8 Å². The third-order valence-corrected chi connectivity index (χ3v) is 3.31. The van der Waals surface area contributed by atoms with E-state index in [0.29, 0.717) is 5.75 Å². The lowest BCUT2D eigenvalue weighted by molar-refractivity contribution is -0.113. The number of benzene rings is 1. The Kier molecular flexibility index (Phi) is 6.52. The second-order valence-electron chi connectivity index (χ2n) is 3.68. The fraction of sp³-hybridized carbons (Fsp3) is 0.333. The van der Waals surface area contributed by atoms with E-state index in [4.69, 9.17) is 4.74 Å². The molecule has 0 saturated heterocycles. The molecule has 1 aromatic carbocycles. The Morgan fingerprint density at radius 1 is 1.47 bits per heavy atom. The summed E-state index contributed by atoms with van der Waals surface area (Å²) < 4.78 is 5.05. The highest BCUT2D eigenvalue weighted by molar-refractivity contribution is 8.14. The third kappa shape index (κ3) is 5.00. The van der Waals surface area contributed by atoms with Gasteiger partial charge in [0.15, 0.2) is 5.17 Å². The van der Waals surface area contributed by atoms with Crippen LogP contribution in [0.4, 0.5) is 5.69 Å². The predicted octanol–water partition coefficient (Wildman–Crippen LogP) is 1.75. The van der Waals surface area contributed by atoms with Crippen molar-refractivity contribution in [2.75, 3.05) is 31.3 Å². The Hall–Kier alpha value is -1.40. The smallest absolute Gasteiger partial charge is 0.234 e. The van der Waals surface area contributed by atoms with Crippen LogP contribution in [0.25, 0.3) is 0 Å². The number of halogens is 1. The summed E-state index contributed by atoms with van der Waals surface area (Å²) in [7, 11) is 1.61. The first-order valence-electron chi connectivity index (χ1n) is 5.63. The lowest BCUT2D eigenvalue weighted by Crippen LogP contribution is -2.20. The molecule has 1 amide bonds. The molecule has 0 unspecified atom stereocenters. The van der Waals surface area contributed by atoms with Gasteiger partial charge in [-0.3, -0.25) is 9.79 Å². The maximum absolute atomic E-state index is 11.7. The van der Waals surface area contributed by atoms with Crippen molar-refractivity contribution in [3.05, 3.63) is 24.3 Å². The predicted molar refractivity (Wildman–Crippen MR) is 81.6 cm³/mol. The molecule has 0 aliphatic carbocycles. The average molecular weight is 302 g/mol. The summed E-state index contributed by atoms with van der Waals surface area (Å²) in [5.41, 5.74) is 0.766. The van der Waals surface area contributed by atoms with Crippen LogP contribution < -0.4 is 15.4 Å². The number of carbonyl (C=O) groups is 1. The second-order valence-corrected chi connectivity index (χ2v) is 4.64.